The SMILES string of the molecule is Cn1ccn(-c2ccc(-c3cc(F)cc(-c4ccnc(N5CC(C)(O)C6(CC6)C5)c4)c3O)cc2Cl)c1=O. The Balaban J connectivity index is 1.37. The van der Waals surface area contributed by atoms with E-state index in [2.05, 4.69) is 9.88 Å². The zero-order valence-electron chi connectivity index (χ0n) is 20.4. The average molecular weight is 521 g/mol. The average Bonchev–Trinajstić information content (AvgIpc) is 3.52. The summed E-state index contributed by atoms with van der Waals surface area (Å²) in [5.41, 5.74) is 1.10. The molecule has 1 saturated carbocycles. The maximum Gasteiger partial charge on any atom is 0.332 e. The van der Waals surface area contributed by atoms with Crippen LogP contribution in [0.25, 0.3) is 27.9 Å². The van der Waals surface area contributed by atoms with Crippen molar-refractivity contribution in [3.05, 3.63) is 82.4 Å². The zero-order chi connectivity index (χ0) is 26.1. The highest BCUT2D eigenvalue weighted by Crippen LogP contribution is 2.58. The highest BCUT2D eigenvalue weighted by Gasteiger charge is 2.61. The predicted molar refractivity (Wildman–Crippen MR) is 141 cm³/mol. The molecule has 3 heterocycles. The van der Waals surface area contributed by atoms with Crippen LogP contribution in [0.1, 0.15) is 19.8 Å². The van der Waals surface area contributed by atoms with Crippen LogP contribution >= 0.6 is 11.6 Å². The summed E-state index contributed by atoms with van der Waals surface area (Å²) in [5.74, 6) is 0.0699. The molecular weight excluding hydrogens is 495 g/mol. The quantitative estimate of drug-likeness (QED) is 0.405. The van der Waals surface area contributed by atoms with E-state index in [4.69, 9.17) is 11.6 Å². The number of aryl methyl sites for hydroxylation is 1. The third kappa shape index (κ3) is 3.83. The van der Waals surface area contributed by atoms with Crippen LogP contribution in [0, 0.1) is 11.2 Å². The monoisotopic (exact) mass is 520 g/mol. The number of phenols is 1. The largest absolute Gasteiger partial charge is 0.507 e. The highest BCUT2D eigenvalue weighted by molar-refractivity contribution is 6.32. The third-order valence-corrected chi connectivity index (χ3v) is 8.21. The van der Waals surface area contributed by atoms with Gasteiger partial charge in [-0.3, -0.25) is 4.57 Å². The van der Waals surface area contributed by atoms with Crippen molar-refractivity contribution >= 4 is 17.4 Å². The summed E-state index contributed by atoms with van der Waals surface area (Å²) >= 11 is 6.51. The maximum atomic E-state index is 14.8. The van der Waals surface area contributed by atoms with Gasteiger partial charge in [0.1, 0.15) is 17.4 Å². The molecule has 0 amide bonds. The summed E-state index contributed by atoms with van der Waals surface area (Å²) in [6.07, 6.45) is 6.86. The van der Waals surface area contributed by atoms with Crippen molar-refractivity contribution in [3.63, 3.8) is 0 Å². The molecule has 0 bridgehead atoms. The minimum atomic E-state index is -0.783. The number of anilines is 1. The fourth-order valence-electron chi connectivity index (χ4n) is 5.46. The Bertz CT molecular complexity index is 1600. The Morgan fingerprint density at radius 2 is 1.73 bits per heavy atom. The van der Waals surface area contributed by atoms with Gasteiger partial charge in [0.25, 0.3) is 0 Å². The fourth-order valence-corrected chi connectivity index (χ4v) is 5.73. The summed E-state index contributed by atoms with van der Waals surface area (Å²) in [4.78, 5) is 18.9. The number of imidazole rings is 1. The normalized spacial score (nSPS) is 20.1. The molecule has 4 aromatic rings. The molecule has 7 nitrogen and oxygen atoms in total. The molecule has 37 heavy (non-hydrogen) atoms. The molecule has 2 aliphatic rings. The van der Waals surface area contributed by atoms with Crippen LogP contribution in [-0.2, 0) is 7.05 Å². The molecule has 1 saturated heterocycles. The number of rotatable bonds is 4. The van der Waals surface area contributed by atoms with Crippen LogP contribution in [-0.4, -0.2) is 43.0 Å². The summed E-state index contributed by atoms with van der Waals surface area (Å²) < 4.78 is 17.7. The molecule has 1 aliphatic carbocycles. The lowest BCUT2D eigenvalue weighted by Gasteiger charge is -2.23. The minimum Gasteiger partial charge on any atom is -0.507 e. The van der Waals surface area contributed by atoms with Crippen molar-refractivity contribution in [2.45, 2.75) is 25.4 Å². The second kappa shape index (κ2) is 8.19. The highest BCUT2D eigenvalue weighted by atomic mass is 35.5. The van der Waals surface area contributed by atoms with E-state index in [1.165, 1.54) is 21.3 Å². The van der Waals surface area contributed by atoms with E-state index in [0.29, 0.717) is 41.3 Å². The van der Waals surface area contributed by atoms with Crippen LogP contribution in [0.3, 0.4) is 0 Å². The molecule has 1 atom stereocenters. The summed E-state index contributed by atoms with van der Waals surface area (Å²) in [6, 6.07) is 11.1. The Kier molecular flexibility index (Phi) is 5.26. The maximum absolute atomic E-state index is 14.8. The minimum absolute atomic E-state index is 0.0881. The third-order valence-electron chi connectivity index (χ3n) is 7.91. The number of phenolic OH excluding ortho intramolecular Hbond substituents is 1. The fraction of sp³-hybridized carbons (Fsp3) is 0.286. The number of aromatic hydroxyl groups is 1. The topological polar surface area (TPSA) is 83.5 Å². The molecule has 2 aromatic carbocycles. The van der Waals surface area contributed by atoms with Gasteiger partial charge in [0.2, 0.25) is 0 Å². The lowest BCUT2D eigenvalue weighted by molar-refractivity contribution is 0.0244. The first-order chi connectivity index (χ1) is 17.6. The van der Waals surface area contributed by atoms with Crippen molar-refractivity contribution in [2.24, 2.45) is 12.5 Å². The van der Waals surface area contributed by atoms with Crippen LogP contribution in [0.15, 0.2) is 65.8 Å². The Labute approximate surface area is 218 Å². The van der Waals surface area contributed by atoms with Gasteiger partial charge < -0.3 is 19.7 Å². The molecule has 2 fully saturated rings. The molecule has 1 spiro atoms. The van der Waals surface area contributed by atoms with Gasteiger partial charge in [-0.1, -0.05) is 17.7 Å². The van der Waals surface area contributed by atoms with Crippen molar-refractivity contribution in [3.8, 4) is 33.7 Å². The van der Waals surface area contributed by atoms with E-state index >= 15 is 0 Å². The van der Waals surface area contributed by atoms with Crippen LogP contribution in [0.2, 0.25) is 5.02 Å². The number of hydrogen-bond donors (Lipinski definition) is 2. The first-order valence-electron chi connectivity index (χ1n) is 12.1. The summed E-state index contributed by atoms with van der Waals surface area (Å²) in [5, 5.41) is 22.4. The van der Waals surface area contributed by atoms with Gasteiger partial charge in [-0.15, -0.1) is 0 Å². The lowest BCUT2D eigenvalue weighted by Crippen LogP contribution is -2.35. The predicted octanol–water partition coefficient (Wildman–Crippen LogP) is 4.75. The smallest absolute Gasteiger partial charge is 0.332 e. The van der Waals surface area contributed by atoms with E-state index in [9.17, 15) is 19.4 Å². The van der Waals surface area contributed by atoms with Gasteiger partial charge in [0.15, 0.2) is 0 Å². The van der Waals surface area contributed by atoms with Crippen molar-refractivity contribution in [1.82, 2.24) is 14.1 Å². The molecular formula is C28H26ClFN4O3. The van der Waals surface area contributed by atoms with E-state index in [1.54, 1.807) is 49.9 Å². The first kappa shape index (κ1) is 23.8. The van der Waals surface area contributed by atoms with E-state index < -0.39 is 11.4 Å². The molecule has 1 unspecified atom stereocenters. The van der Waals surface area contributed by atoms with Crippen LogP contribution in [0.5, 0.6) is 5.75 Å². The lowest BCUT2D eigenvalue weighted by atomic mass is 9.90. The van der Waals surface area contributed by atoms with Crippen molar-refractivity contribution in [2.75, 3.05) is 18.0 Å². The number of hydrogen-bond acceptors (Lipinski definition) is 5. The Morgan fingerprint density at radius 3 is 2.32 bits per heavy atom. The first-order valence-corrected chi connectivity index (χ1v) is 12.5. The summed E-state index contributed by atoms with van der Waals surface area (Å²) in [6.45, 7) is 3.06. The second-order valence-corrected chi connectivity index (χ2v) is 10.8. The van der Waals surface area contributed by atoms with Crippen LogP contribution < -0.4 is 10.6 Å². The Hall–Kier alpha value is -3.62. The Morgan fingerprint density at radius 1 is 1.03 bits per heavy atom. The van der Waals surface area contributed by atoms with Gasteiger partial charge in [0, 0.05) is 55.3 Å². The number of pyridine rings is 1. The number of halogens is 2. The number of nitrogens with zero attached hydrogens (tertiary/aromatic N) is 4. The van der Waals surface area contributed by atoms with E-state index in [0.717, 1.165) is 12.8 Å². The van der Waals surface area contributed by atoms with E-state index in [-0.39, 0.29) is 27.4 Å². The molecule has 0 radical (unpaired) electrons. The molecule has 6 rings (SSSR count). The number of aromatic nitrogens is 3. The number of benzene rings is 2. The van der Waals surface area contributed by atoms with Gasteiger partial charge >= 0.3 is 5.69 Å². The molecule has 9 heteroatoms. The standard InChI is InChI=1S/C28H26ClFN4O3/c1-27(37)15-33(16-28(27)6-7-28)24-12-18(5-8-31-24)21-14-19(30)13-20(25(21)35)17-3-4-23(22(29)11-17)34-10-9-32(2)26(34)36/h3-5,8-14,35,37H,6-7,15-16H2,1-2H3. The molecule has 1 aliphatic heterocycles. The second-order valence-electron chi connectivity index (χ2n) is 10.4. The van der Waals surface area contributed by atoms with Crippen molar-refractivity contribution < 1.29 is 14.6 Å². The van der Waals surface area contributed by atoms with Crippen molar-refractivity contribution in [1.29, 1.82) is 0 Å². The summed E-state index contributed by atoms with van der Waals surface area (Å²) in [7, 11) is 1.65. The molecule has 2 aromatic heterocycles. The van der Waals surface area contributed by atoms with Gasteiger partial charge in [0.05, 0.1) is 16.3 Å². The van der Waals surface area contributed by atoms with Gasteiger partial charge in [-0.25, -0.2) is 14.2 Å². The van der Waals surface area contributed by atoms with Gasteiger partial charge in [-0.05, 0) is 67.3 Å². The molecule has 190 valence electrons. The number of β-amino-alcohol motifs (C(OH)–C–C–N with tert-alkyl or cyclic N) is 1. The van der Waals surface area contributed by atoms with Crippen LogP contribution in [0.4, 0.5) is 10.2 Å². The molecule has 2 N–H and O–H groups in total. The number of aliphatic hydroxyl groups is 1. The van der Waals surface area contributed by atoms with E-state index in [1.807, 2.05) is 13.0 Å². The zero-order valence-corrected chi connectivity index (χ0v) is 21.2. The van der Waals surface area contributed by atoms with Gasteiger partial charge in [-0.2, -0.15) is 0 Å².